The third-order valence-electron chi connectivity index (χ3n) is 4.31. The molecule has 3 nitrogen and oxygen atoms in total. The van der Waals surface area contributed by atoms with Crippen molar-refractivity contribution in [3.05, 3.63) is 0 Å². The van der Waals surface area contributed by atoms with Crippen LogP contribution in [-0.4, -0.2) is 34.6 Å². The van der Waals surface area contributed by atoms with Crippen LogP contribution in [-0.2, 0) is 4.74 Å². The fraction of sp³-hybridized carbons (Fsp3) is 1.00. The Hall–Kier alpha value is -0.120. The third kappa shape index (κ3) is 2.27. The fourth-order valence-electron chi connectivity index (χ4n) is 2.95. The summed E-state index contributed by atoms with van der Waals surface area (Å²) in [6.07, 6.45) is 4.14. The normalized spacial score (nSPS) is 32.4. The molecule has 0 radical (unpaired) electrons. The van der Waals surface area contributed by atoms with Crippen LogP contribution in [0.5, 0.6) is 0 Å². The van der Waals surface area contributed by atoms with Gasteiger partial charge in [0.25, 0.3) is 0 Å². The maximum absolute atomic E-state index is 10.2. The zero-order chi connectivity index (χ0) is 11.8. The van der Waals surface area contributed by atoms with Crippen LogP contribution in [0, 0.1) is 11.8 Å². The van der Waals surface area contributed by atoms with Crippen molar-refractivity contribution in [1.29, 1.82) is 0 Å². The molecule has 1 saturated heterocycles. The first-order valence-corrected chi connectivity index (χ1v) is 6.54. The van der Waals surface area contributed by atoms with Crippen molar-refractivity contribution in [2.75, 3.05) is 6.61 Å². The van der Waals surface area contributed by atoms with Gasteiger partial charge in [-0.2, -0.15) is 0 Å². The van der Waals surface area contributed by atoms with Gasteiger partial charge in [-0.15, -0.1) is 0 Å². The lowest BCUT2D eigenvalue weighted by Gasteiger charge is -2.48. The number of aliphatic hydroxyl groups is 2. The molecule has 2 rings (SSSR count). The van der Waals surface area contributed by atoms with Gasteiger partial charge in [-0.05, 0) is 43.9 Å². The monoisotopic (exact) mass is 228 g/mol. The van der Waals surface area contributed by atoms with E-state index in [0.717, 1.165) is 32.3 Å². The lowest BCUT2D eigenvalue weighted by molar-refractivity contribution is -0.168. The smallest absolute Gasteiger partial charge is 0.0831 e. The van der Waals surface area contributed by atoms with E-state index in [0.29, 0.717) is 0 Å². The van der Waals surface area contributed by atoms with Crippen LogP contribution in [0.15, 0.2) is 0 Å². The molecule has 0 aromatic carbocycles. The number of hydrogen-bond acceptors (Lipinski definition) is 3. The highest BCUT2D eigenvalue weighted by molar-refractivity contribution is 4.96. The number of hydrogen-bond donors (Lipinski definition) is 2. The van der Waals surface area contributed by atoms with E-state index in [2.05, 4.69) is 0 Å². The van der Waals surface area contributed by atoms with Crippen LogP contribution in [0.1, 0.15) is 46.0 Å². The Bertz CT molecular complexity index is 235. The summed E-state index contributed by atoms with van der Waals surface area (Å²) in [4.78, 5) is 0. The summed E-state index contributed by atoms with van der Waals surface area (Å²) in [5.41, 5.74) is 0.0561. The molecule has 16 heavy (non-hydrogen) atoms. The molecule has 1 aliphatic heterocycles. The predicted molar refractivity (Wildman–Crippen MR) is 62.1 cm³/mol. The van der Waals surface area contributed by atoms with E-state index in [1.807, 2.05) is 13.8 Å². The fourth-order valence-corrected chi connectivity index (χ4v) is 2.95. The maximum atomic E-state index is 10.2. The second-order valence-electron chi connectivity index (χ2n) is 5.86. The average Bonchev–Trinajstić information content (AvgIpc) is 2.25. The molecule has 0 aromatic rings. The number of aliphatic hydroxyl groups excluding tert-OH is 2. The molecule has 1 spiro atoms. The highest BCUT2D eigenvalue weighted by Gasteiger charge is 2.45. The Balaban J connectivity index is 1.93. The second kappa shape index (κ2) is 4.63. The first kappa shape index (κ1) is 12.3. The molecule has 2 aliphatic rings. The van der Waals surface area contributed by atoms with Crippen LogP contribution in [0.4, 0.5) is 0 Å². The first-order valence-electron chi connectivity index (χ1n) is 6.54. The van der Waals surface area contributed by atoms with Crippen molar-refractivity contribution in [2.45, 2.75) is 63.8 Å². The number of ether oxygens (including phenoxy) is 1. The summed E-state index contributed by atoms with van der Waals surface area (Å²) in [7, 11) is 0. The Labute approximate surface area is 97.8 Å². The van der Waals surface area contributed by atoms with Gasteiger partial charge in [-0.1, -0.05) is 13.8 Å². The van der Waals surface area contributed by atoms with E-state index >= 15 is 0 Å². The Kier molecular flexibility index (Phi) is 3.57. The molecular formula is C13H24O3. The molecule has 3 unspecified atom stereocenters. The van der Waals surface area contributed by atoms with Gasteiger partial charge >= 0.3 is 0 Å². The minimum absolute atomic E-state index is 0.0561. The van der Waals surface area contributed by atoms with Crippen molar-refractivity contribution >= 4 is 0 Å². The molecule has 1 saturated carbocycles. The van der Waals surface area contributed by atoms with Crippen LogP contribution in [0.2, 0.25) is 0 Å². The lowest BCUT2D eigenvalue weighted by Crippen LogP contribution is -2.50. The van der Waals surface area contributed by atoms with E-state index < -0.39 is 12.2 Å². The quantitative estimate of drug-likeness (QED) is 0.773. The van der Waals surface area contributed by atoms with Crippen LogP contribution in [0.25, 0.3) is 0 Å². The highest BCUT2D eigenvalue weighted by Crippen LogP contribution is 2.45. The predicted octanol–water partition coefficient (Wildman–Crippen LogP) is 1.71. The topological polar surface area (TPSA) is 49.7 Å². The summed E-state index contributed by atoms with van der Waals surface area (Å²) >= 11 is 0. The van der Waals surface area contributed by atoms with E-state index in [9.17, 15) is 10.2 Å². The summed E-state index contributed by atoms with van der Waals surface area (Å²) in [5, 5.41) is 20.1. The molecule has 3 atom stereocenters. The molecule has 1 aliphatic carbocycles. The molecular weight excluding hydrogens is 204 g/mol. The second-order valence-corrected chi connectivity index (χ2v) is 5.86. The van der Waals surface area contributed by atoms with Gasteiger partial charge < -0.3 is 14.9 Å². The van der Waals surface area contributed by atoms with Crippen molar-refractivity contribution in [1.82, 2.24) is 0 Å². The lowest BCUT2D eigenvalue weighted by atomic mass is 9.70. The largest absolute Gasteiger partial charge is 0.390 e. The van der Waals surface area contributed by atoms with Crippen molar-refractivity contribution in [3.63, 3.8) is 0 Å². The van der Waals surface area contributed by atoms with Gasteiger partial charge in [0.2, 0.25) is 0 Å². The molecule has 0 bridgehead atoms. The van der Waals surface area contributed by atoms with Crippen LogP contribution < -0.4 is 0 Å². The summed E-state index contributed by atoms with van der Waals surface area (Å²) in [6.45, 7) is 4.64. The number of rotatable bonds is 3. The summed E-state index contributed by atoms with van der Waals surface area (Å²) < 4.78 is 5.83. The first-order chi connectivity index (χ1) is 7.54. The van der Waals surface area contributed by atoms with Crippen molar-refractivity contribution in [2.24, 2.45) is 11.8 Å². The van der Waals surface area contributed by atoms with Gasteiger partial charge in [0.1, 0.15) is 0 Å². The van der Waals surface area contributed by atoms with Crippen molar-refractivity contribution < 1.29 is 14.9 Å². The molecule has 3 heteroatoms. The molecule has 94 valence electrons. The standard InChI is InChI=1S/C13H24O3/c1-9(2)11(14)12(15)10-4-7-16-13(8-10)5-3-6-13/h9-12,14-15H,3-8H2,1-2H3. The summed E-state index contributed by atoms with van der Waals surface area (Å²) in [5.74, 6) is 0.335. The van der Waals surface area contributed by atoms with E-state index in [-0.39, 0.29) is 17.4 Å². The van der Waals surface area contributed by atoms with Gasteiger partial charge in [-0.3, -0.25) is 0 Å². The maximum Gasteiger partial charge on any atom is 0.0831 e. The minimum Gasteiger partial charge on any atom is -0.390 e. The van der Waals surface area contributed by atoms with E-state index in [4.69, 9.17) is 4.74 Å². The van der Waals surface area contributed by atoms with Crippen LogP contribution >= 0.6 is 0 Å². The van der Waals surface area contributed by atoms with Gasteiger partial charge in [-0.25, -0.2) is 0 Å². The van der Waals surface area contributed by atoms with E-state index in [1.54, 1.807) is 0 Å². The van der Waals surface area contributed by atoms with Crippen molar-refractivity contribution in [3.8, 4) is 0 Å². The van der Waals surface area contributed by atoms with E-state index in [1.165, 1.54) is 6.42 Å². The Morgan fingerprint density at radius 2 is 1.94 bits per heavy atom. The average molecular weight is 228 g/mol. The molecule has 0 amide bonds. The van der Waals surface area contributed by atoms with Crippen LogP contribution in [0.3, 0.4) is 0 Å². The highest BCUT2D eigenvalue weighted by atomic mass is 16.5. The minimum atomic E-state index is -0.597. The van der Waals surface area contributed by atoms with Gasteiger partial charge in [0, 0.05) is 6.61 Å². The SMILES string of the molecule is CC(C)C(O)C(O)C1CCOC2(CCC2)C1. The zero-order valence-electron chi connectivity index (χ0n) is 10.4. The van der Waals surface area contributed by atoms with Gasteiger partial charge in [0.15, 0.2) is 0 Å². The van der Waals surface area contributed by atoms with Gasteiger partial charge in [0.05, 0.1) is 17.8 Å². The molecule has 1 heterocycles. The molecule has 0 aromatic heterocycles. The zero-order valence-corrected chi connectivity index (χ0v) is 10.4. The molecule has 2 fully saturated rings. The Morgan fingerprint density at radius 3 is 2.44 bits per heavy atom. The Morgan fingerprint density at radius 1 is 1.25 bits per heavy atom. The summed E-state index contributed by atoms with van der Waals surface area (Å²) in [6, 6.07) is 0. The molecule has 2 N–H and O–H groups in total. The third-order valence-corrected chi connectivity index (χ3v) is 4.31.